The van der Waals surface area contributed by atoms with Crippen molar-refractivity contribution in [1.82, 2.24) is 0 Å². The number of carbonyl (C=O) groups is 2. The number of hydrogen-bond donors (Lipinski definition) is 1. The van der Waals surface area contributed by atoms with E-state index in [1.807, 2.05) is 57.2 Å². The smallest absolute Gasteiger partial charge is 0.282 e. The minimum absolute atomic E-state index is 0.182. The Hall–Kier alpha value is -3.57. The number of ether oxygens (including phenoxy) is 1. The van der Waals surface area contributed by atoms with Gasteiger partial charge in [-0.2, -0.15) is 0 Å². The van der Waals surface area contributed by atoms with Crippen LogP contribution in [0.5, 0.6) is 5.75 Å². The highest BCUT2D eigenvalue weighted by molar-refractivity contribution is 6.46. The second-order valence-corrected chi connectivity index (χ2v) is 8.19. The monoisotopic (exact) mass is 446 g/mol. The normalized spacial score (nSPS) is 13.7. The lowest BCUT2D eigenvalue weighted by atomic mass is 9.99. The number of methoxy groups -OCH3 is 1. The number of para-hydroxylation sites is 1. The van der Waals surface area contributed by atoms with Crippen molar-refractivity contribution in [2.45, 2.75) is 20.8 Å². The Kier molecular flexibility index (Phi) is 5.76. The van der Waals surface area contributed by atoms with E-state index in [0.29, 0.717) is 33.3 Å². The van der Waals surface area contributed by atoms with E-state index in [-0.39, 0.29) is 11.6 Å². The molecular weight excluding hydrogens is 424 g/mol. The Morgan fingerprint density at radius 1 is 0.844 bits per heavy atom. The van der Waals surface area contributed by atoms with E-state index in [9.17, 15) is 9.59 Å². The van der Waals surface area contributed by atoms with Gasteiger partial charge in [0.05, 0.1) is 24.1 Å². The molecule has 32 heavy (non-hydrogen) atoms. The maximum absolute atomic E-state index is 13.6. The lowest BCUT2D eigenvalue weighted by Gasteiger charge is -2.18. The van der Waals surface area contributed by atoms with Crippen molar-refractivity contribution in [2.24, 2.45) is 0 Å². The Bertz CT molecular complexity index is 1280. The zero-order chi connectivity index (χ0) is 23.0. The summed E-state index contributed by atoms with van der Waals surface area (Å²) in [6.07, 6.45) is 0. The third-order valence-electron chi connectivity index (χ3n) is 5.66. The van der Waals surface area contributed by atoms with Crippen LogP contribution < -0.4 is 15.0 Å². The van der Waals surface area contributed by atoms with Gasteiger partial charge >= 0.3 is 0 Å². The summed E-state index contributed by atoms with van der Waals surface area (Å²) in [4.78, 5) is 28.5. The van der Waals surface area contributed by atoms with Crippen molar-refractivity contribution in [2.75, 3.05) is 17.3 Å². The number of imide groups is 1. The predicted molar refractivity (Wildman–Crippen MR) is 128 cm³/mol. The third kappa shape index (κ3) is 3.76. The van der Waals surface area contributed by atoms with Gasteiger partial charge in [-0.1, -0.05) is 48.0 Å². The van der Waals surface area contributed by atoms with Gasteiger partial charge in [0.2, 0.25) is 0 Å². The van der Waals surface area contributed by atoms with Gasteiger partial charge in [-0.05, 0) is 67.3 Å². The van der Waals surface area contributed by atoms with Crippen molar-refractivity contribution in [3.63, 3.8) is 0 Å². The van der Waals surface area contributed by atoms with Crippen LogP contribution in [0.25, 0.3) is 5.57 Å². The molecule has 0 saturated carbocycles. The number of halogens is 1. The molecule has 162 valence electrons. The molecule has 1 aliphatic heterocycles. The van der Waals surface area contributed by atoms with Gasteiger partial charge < -0.3 is 10.1 Å². The largest absolute Gasteiger partial charge is 0.495 e. The highest BCUT2D eigenvalue weighted by Gasteiger charge is 2.41. The first-order chi connectivity index (χ1) is 15.3. The van der Waals surface area contributed by atoms with Crippen molar-refractivity contribution in [3.8, 4) is 5.75 Å². The molecule has 0 saturated heterocycles. The first-order valence-electron chi connectivity index (χ1n) is 10.2. The van der Waals surface area contributed by atoms with Gasteiger partial charge in [0.1, 0.15) is 11.4 Å². The molecule has 1 aliphatic rings. The average Bonchev–Trinajstić information content (AvgIpc) is 3.00. The molecule has 5 nitrogen and oxygen atoms in total. The number of benzene rings is 3. The molecule has 3 aromatic rings. The van der Waals surface area contributed by atoms with Gasteiger partial charge in [0, 0.05) is 5.02 Å². The van der Waals surface area contributed by atoms with Gasteiger partial charge in [0.25, 0.3) is 11.8 Å². The zero-order valence-electron chi connectivity index (χ0n) is 18.3. The van der Waals surface area contributed by atoms with E-state index < -0.39 is 5.91 Å². The number of carbonyl (C=O) groups excluding carboxylic acids is 2. The maximum Gasteiger partial charge on any atom is 0.282 e. The summed E-state index contributed by atoms with van der Waals surface area (Å²) in [6, 6.07) is 18.1. The maximum atomic E-state index is 13.6. The number of rotatable bonds is 5. The fraction of sp³-hybridized carbons (Fsp3) is 0.154. The van der Waals surface area contributed by atoms with Crippen LogP contribution in [0.3, 0.4) is 0 Å². The standard InChI is InChI=1S/C26H23ClN2O3/c1-15-9-10-18(13-17(15)3)23-24(28-20-14-19(27)11-12-22(20)32-4)26(31)29(25(23)30)21-8-6-5-7-16(21)2/h5-14,28H,1-4H3. The summed E-state index contributed by atoms with van der Waals surface area (Å²) in [7, 11) is 1.54. The number of anilines is 2. The van der Waals surface area contributed by atoms with E-state index in [1.165, 1.54) is 12.0 Å². The molecule has 2 amide bonds. The van der Waals surface area contributed by atoms with Crippen LogP contribution >= 0.6 is 11.6 Å². The molecule has 0 bridgehead atoms. The third-order valence-corrected chi connectivity index (χ3v) is 5.89. The van der Waals surface area contributed by atoms with Crippen LogP contribution in [0.1, 0.15) is 22.3 Å². The molecule has 0 aromatic heterocycles. The highest BCUT2D eigenvalue weighted by atomic mass is 35.5. The molecule has 0 radical (unpaired) electrons. The van der Waals surface area contributed by atoms with E-state index in [4.69, 9.17) is 16.3 Å². The van der Waals surface area contributed by atoms with Gasteiger partial charge in [-0.3, -0.25) is 9.59 Å². The molecule has 4 rings (SSSR count). The number of hydrogen-bond acceptors (Lipinski definition) is 4. The Morgan fingerprint density at radius 2 is 1.59 bits per heavy atom. The van der Waals surface area contributed by atoms with Crippen LogP contribution in [0.15, 0.2) is 66.4 Å². The molecular formula is C26H23ClN2O3. The van der Waals surface area contributed by atoms with Crippen LogP contribution in [0.2, 0.25) is 5.02 Å². The Morgan fingerprint density at radius 3 is 2.28 bits per heavy atom. The lowest BCUT2D eigenvalue weighted by Crippen LogP contribution is -2.33. The summed E-state index contributed by atoms with van der Waals surface area (Å²) in [6.45, 7) is 5.86. The number of nitrogens with zero attached hydrogens (tertiary/aromatic N) is 1. The van der Waals surface area contributed by atoms with Crippen molar-refractivity contribution >= 4 is 40.4 Å². The molecule has 1 N–H and O–H groups in total. The zero-order valence-corrected chi connectivity index (χ0v) is 19.1. The fourth-order valence-electron chi connectivity index (χ4n) is 3.76. The highest BCUT2D eigenvalue weighted by Crippen LogP contribution is 2.37. The van der Waals surface area contributed by atoms with E-state index >= 15 is 0 Å². The summed E-state index contributed by atoms with van der Waals surface area (Å²) in [5.41, 5.74) is 5.19. The average molecular weight is 447 g/mol. The summed E-state index contributed by atoms with van der Waals surface area (Å²) < 4.78 is 5.43. The van der Waals surface area contributed by atoms with Crippen LogP contribution in [-0.2, 0) is 9.59 Å². The molecule has 0 spiro atoms. The predicted octanol–water partition coefficient (Wildman–Crippen LogP) is 5.67. The number of aryl methyl sites for hydroxylation is 3. The first-order valence-corrected chi connectivity index (χ1v) is 10.6. The minimum Gasteiger partial charge on any atom is -0.495 e. The molecule has 0 aliphatic carbocycles. The summed E-state index contributed by atoms with van der Waals surface area (Å²) in [5, 5.41) is 3.62. The fourth-order valence-corrected chi connectivity index (χ4v) is 3.93. The quantitative estimate of drug-likeness (QED) is 0.513. The van der Waals surface area contributed by atoms with Crippen molar-refractivity contribution in [3.05, 3.63) is 93.6 Å². The Labute approximate surface area is 192 Å². The SMILES string of the molecule is COc1ccc(Cl)cc1NC1=C(c2ccc(C)c(C)c2)C(=O)N(c2ccccc2C)C1=O. The first kappa shape index (κ1) is 21.7. The van der Waals surface area contributed by atoms with Crippen LogP contribution in [0, 0.1) is 20.8 Å². The Balaban J connectivity index is 1.90. The molecule has 3 aromatic carbocycles. The summed E-state index contributed by atoms with van der Waals surface area (Å²) in [5.74, 6) is -0.300. The van der Waals surface area contributed by atoms with E-state index in [2.05, 4.69) is 5.32 Å². The van der Waals surface area contributed by atoms with Crippen molar-refractivity contribution in [1.29, 1.82) is 0 Å². The van der Waals surface area contributed by atoms with Gasteiger partial charge in [-0.25, -0.2) is 4.90 Å². The topological polar surface area (TPSA) is 58.6 Å². The van der Waals surface area contributed by atoms with Crippen LogP contribution in [0.4, 0.5) is 11.4 Å². The van der Waals surface area contributed by atoms with Gasteiger partial charge in [-0.15, -0.1) is 0 Å². The second kappa shape index (κ2) is 8.52. The number of amides is 2. The van der Waals surface area contributed by atoms with E-state index in [1.54, 1.807) is 24.3 Å². The lowest BCUT2D eigenvalue weighted by molar-refractivity contribution is -0.120. The number of nitrogens with one attached hydrogen (secondary N) is 1. The second-order valence-electron chi connectivity index (χ2n) is 7.75. The molecule has 0 atom stereocenters. The molecule has 6 heteroatoms. The van der Waals surface area contributed by atoms with Gasteiger partial charge in [0.15, 0.2) is 0 Å². The minimum atomic E-state index is -0.431. The summed E-state index contributed by atoms with van der Waals surface area (Å²) >= 11 is 6.19. The van der Waals surface area contributed by atoms with Crippen LogP contribution in [-0.4, -0.2) is 18.9 Å². The van der Waals surface area contributed by atoms with E-state index in [0.717, 1.165) is 16.7 Å². The molecule has 0 fully saturated rings. The molecule has 0 unspecified atom stereocenters. The van der Waals surface area contributed by atoms with Crippen molar-refractivity contribution < 1.29 is 14.3 Å². The molecule has 1 heterocycles.